The molecule has 226 valence electrons. The van der Waals surface area contributed by atoms with Gasteiger partial charge in [0.25, 0.3) is 0 Å². The average molecular weight is 561 g/mol. The van der Waals surface area contributed by atoms with E-state index in [9.17, 15) is 25.2 Å². The second kappa shape index (κ2) is 19.9. The van der Waals surface area contributed by atoms with Gasteiger partial charge in [-0.1, -0.05) is 83.1 Å². The number of fused-ring (bicyclic) bond motifs is 1. The Hall–Kier alpha value is -3.13. The van der Waals surface area contributed by atoms with Crippen molar-refractivity contribution in [1.29, 1.82) is 0 Å². The smallest absolute Gasteiger partial charge is 0.221 e. The quantitative estimate of drug-likeness (QED) is 0.0492. The van der Waals surface area contributed by atoms with Crippen molar-refractivity contribution in [1.82, 2.24) is 9.47 Å². The third-order valence-electron chi connectivity index (χ3n) is 6.82. The van der Waals surface area contributed by atoms with Gasteiger partial charge in [-0.2, -0.15) is 0 Å². The number of phenolic OH excluding ortho intramolecular Hbond substituents is 3. The molecule has 0 aliphatic carbocycles. The second-order valence-electron chi connectivity index (χ2n) is 10.4. The predicted octanol–water partition coefficient (Wildman–Crippen LogP) is 7.43. The molecule has 0 atom stereocenters. The van der Waals surface area contributed by atoms with Crippen molar-refractivity contribution in [2.45, 2.75) is 97.3 Å². The molecular weight excluding hydrogens is 508 g/mol. The van der Waals surface area contributed by atoms with Crippen LogP contribution in [0.5, 0.6) is 28.9 Å². The highest BCUT2D eigenvalue weighted by molar-refractivity contribution is 6.03. The minimum Gasteiger partial charge on any atom is -0.504 e. The van der Waals surface area contributed by atoms with E-state index in [1.165, 1.54) is 77.7 Å². The normalized spacial score (nSPS) is 11.6. The van der Waals surface area contributed by atoms with E-state index in [1.807, 2.05) is 19.0 Å². The number of aromatic hydroxyl groups is 4. The van der Waals surface area contributed by atoms with Crippen LogP contribution >= 0.6 is 0 Å². The molecule has 0 aliphatic heterocycles. The third kappa shape index (κ3) is 10.8. The van der Waals surface area contributed by atoms with Crippen LogP contribution < -0.4 is 4.74 Å². The summed E-state index contributed by atoms with van der Waals surface area (Å²) in [6.45, 7) is 5.07. The summed E-state index contributed by atoms with van der Waals surface area (Å²) < 4.78 is 5.65. The van der Waals surface area contributed by atoms with E-state index < -0.39 is 23.1 Å². The Morgan fingerprint density at radius 1 is 0.775 bits per heavy atom. The zero-order chi connectivity index (χ0) is 29.9. The number of hydrogen-bond donors (Lipinski definition) is 4. The topological polar surface area (TPSA) is 115 Å². The summed E-state index contributed by atoms with van der Waals surface area (Å²) in [5.74, 6) is -2.52. The molecule has 40 heavy (non-hydrogen) atoms. The van der Waals surface area contributed by atoms with Gasteiger partial charge in [0.1, 0.15) is 5.52 Å². The molecule has 2 aromatic rings. The Bertz CT molecular complexity index is 1070. The van der Waals surface area contributed by atoms with Crippen molar-refractivity contribution in [3.8, 4) is 28.9 Å². The molecular formula is C32H52N2O6. The van der Waals surface area contributed by atoms with Crippen molar-refractivity contribution < 1.29 is 30.0 Å². The average Bonchev–Trinajstić information content (AvgIpc) is 3.22. The van der Waals surface area contributed by atoms with Crippen LogP contribution in [0.15, 0.2) is 24.3 Å². The van der Waals surface area contributed by atoms with Gasteiger partial charge in [-0.25, -0.2) is 4.57 Å². The molecule has 0 aliphatic rings. The molecule has 0 saturated heterocycles. The van der Waals surface area contributed by atoms with Gasteiger partial charge >= 0.3 is 0 Å². The fourth-order valence-electron chi connectivity index (χ4n) is 4.49. The fraction of sp³-hybridized carbons (Fsp3) is 0.594. The molecule has 0 saturated carbocycles. The third-order valence-corrected chi connectivity index (χ3v) is 6.82. The molecule has 0 unspecified atom stereocenters. The lowest BCUT2D eigenvalue weighted by Gasteiger charge is -2.11. The van der Waals surface area contributed by atoms with Crippen molar-refractivity contribution in [3.63, 3.8) is 0 Å². The van der Waals surface area contributed by atoms with Crippen molar-refractivity contribution in [3.05, 3.63) is 29.9 Å². The van der Waals surface area contributed by atoms with Crippen molar-refractivity contribution >= 4 is 17.3 Å². The van der Waals surface area contributed by atoms with E-state index >= 15 is 0 Å². The summed E-state index contributed by atoms with van der Waals surface area (Å²) in [6.07, 6.45) is 26.1. The van der Waals surface area contributed by atoms with Gasteiger partial charge in [-0.15, -0.1) is 0 Å². The summed E-state index contributed by atoms with van der Waals surface area (Å²) in [5.41, 5.74) is 0.110. The number of aromatic nitrogens is 1. The minimum atomic E-state index is -0.702. The number of rotatable bonds is 18. The van der Waals surface area contributed by atoms with Crippen LogP contribution in [0.4, 0.5) is 0 Å². The maximum absolute atomic E-state index is 11.2. The molecule has 8 heteroatoms. The SMILES string of the molecule is CCCCC/C=C\C/C=C\CCCCCCCC.COc1c(O)c(O)c2c(c1O)c(CCN(C)C)c(O)n2C=O. The number of hydrogen-bond acceptors (Lipinski definition) is 7. The van der Waals surface area contributed by atoms with Gasteiger partial charge in [-0.05, 0) is 52.6 Å². The molecule has 1 aromatic heterocycles. The number of methoxy groups -OCH3 is 1. The largest absolute Gasteiger partial charge is 0.504 e. The van der Waals surface area contributed by atoms with E-state index in [2.05, 4.69) is 38.2 Å². The number of nitrogens with zero attached hydrogens (tertiary/aromatic N) is 2. The zero-order valence-corrected chi connectivity index (χ0v) is 25.3. The Balaban J connectivity index is 0.000000410. The number of ether oxygens (including phenoxy) is 1. The molecule has 1 aromatic carbocycles. The van der Waals surface area contributed by atoms with Gasteiger partial charge in [0.05, 0.1) is 12.5 Å². The van der Waals surface area contributed by atoms with Crippen LogP contribution in [0, 0.1) is 0 Å². The number of carbonyl (C=O) groups is 1. The van der Waals surface area contributed by atoms with Gasteiger partial charge in [0, 0.05) is 12.1 Å². The van der Waals surface area contributed by atoms with Gasteiger partial charge in [0.15, 0.2) is 11.5 Å². The molecule has 4 N–H and O–H groups in total. The maximum Gasteiger partial charge on any atom is 0.221 e. The Labute approximate surface area is 240 Å². The highest BCUT2D eigenvalue weighted by Gasteiger charge is 2.28. The monoisotopic (exact) mass is 560 g/mol. The summed E-state index contributed by atoms with van der Waals surface area (Å²) in [7, 11) is 4.88. The van der Waals surface area contributed by atoms with Crippen LogP contribution in [-0.4, -0.2) is 64.1 Å². The molecule has 0 spiro atoms. The van der Waals surface area contributed by atoms with E-state index in [0.29, 0.717) is 19.4 Å². The fourth-order valence-corrected chi connectivity index (χ4v) is 4.49. The second-order valence-corrected chi connectivity index (χ2v) is 10.4. The first-order valence-corrected chi connectivity index (χ1v) is 14.7. The zero-order valence-electron chi connectivity index (χ0n) is 25.3. The maximum atomic E-state index is 11.2. The lowest BCUT2D eigenvalue weighted by atomic mass is 10.1. The summed E-state index contributed by atoms with van der Waals surface area (Å²) in [6, 6.07) is 0. The van der Waals surface area contributed by atoms with E-state index in [1.54, 1.807) is 0 Å². The number of carbonyl (C=O) groups excluding carboxylic acids is 1. The van der Waals surface area contributed by atoms with Crippen LogP contribution in [0.1, 0.15) is 96.5 Å². The molecule has 0 amide bonds. The van der Waals surface area contributed by atoms with E-state index in [4.69, 9.17) is 4.74 Å². The number of phenols is 3. The lowest BCUT2D eigenvalue weighted by Crippen LogP contribution is -2.15. The molecule has 0 bridgehead atoms. The van der Waals surface area contributed by atoms with Gasteiger partial charge in [-0.3, -0.25) is 4.79 Å². The Kier molecular flexibility index (Phi) is 17.3. The lowest BCUT2D eigenvalue weighted by molar-refractivity contribution is 0.333. The predicted molar refractivity (Wildman–Crippen MR) is 165 cm³/mol. The number of benzene rings is 1. The first-order valence-electron chi connectivity index (χ1n) is 14.7. The van der Waals surface area contributed by atoms with Crippen LogP contribution in [0.25, 0.3) is 10.9 Å². The Morgan fingerprint density at radius 3 is 1.88 bits per heavy atom. The van der Waals surface area contributed by atoms with Crippen LogP contribution in [0.3, 0.4) is 0 Å². The molecule has 2 rings (SSSR count). The molecule has 0 radical (unpaired) electrons. The van der Waals surface area contributed by atoms with Crippen molar-refractivity contribution in [2.75, 3.05) is 27.7 Å². The Morgan fingerprint density at radius 2 is 1.32 bits per heavy atom. The summed E-state index contributed by atoms with van der Waals surface area (Å²) in [5, 5.41) is 40.5. The molecule has 0 fully saturated rings. The summed E-state index contributed by atoms with van der Waals surface area (Å²) >= 11 is 0. The number of likely N-dealkylation sites (N-methyl/N-ethyl adjacent to an activating group) is 1. The van der Waals surface area contributed by atoms with E-state index in [-0.39, 0.29) is 22.2 Å². The van der Waals surface area contributed by atoms with Crippen molar-refractivity contribution in [2.24, 2.45) is 0 Å². The minimum absolute atomic E-state index is 0.0681. The first-order chi connectivity index (χ1) is 19.3. The molecule has 1 heterocycles. The molecule has 8 nitrogen and oxygen atoms in total. The van der Waals surface area contributed by atoms with Crippen LogP contribution in [-0.2, 0) is 11.2 Å². The number of allylic oxidation sites excluding steroid dienone is 4. The number of unbranched alkanes of at least 4 members (excludes halogenated alkanes) is 9. The van der Waals surface area contributed by atoms with Gasteiger partial charge in [0.2, 0.25) is 23.8 Å². The van der Waals surface area contributed by atoms with Gasteiger partial charge < -0.3 is 30.1 Å². The van der Waals surface area contributed by atoms with Crippen LogP contribution in [0.2, 0.25) is 0 Å². The standard InChI is InChI=1S/C18H34.C14H18N2O6/c1-3-5-7-9-11-13-15-17-18-16-14-12-10-8-6-4-2;1-15(2)5-4-7-8-9(16(6-17)14(7)21)11(19)12(20)13(22-3)10(8)18/h11,13,17-18H,3-10,12,14-16H2,1-2H3;6,18-21H,4-5H2,1-3H3/b13-11-,18-17-;. The highest BCUT2D eigenvalue weighted by Crippen LogP contribution is 2.52. The van der Waals surface area contributed by atoms with E-state index in [0.717, 1.165) is 11.0 Å². The highest BCUT2D eigenvalue weighted by atomic mass is 16.5. The first kappa shape index (κ1) is 34.9. The summed E-state index contributed by atoms with van der Waals surface area (Å²) in [4.78, 5) is 13.1.